The topological polar surface area (TPSA) is 104 Å². The minimum atomic E-state index is -3.89. The van der Waals surface area contributed by atoms with E-state index in [0.717, 1.165) is 30.5 Å². The molecule has 0 aromatic heterocycles. The highest BCUT2D eigenvalue weighted by atomic mass is 32.2. The van der Waals surface area contributed by atoms with Crippen molar-refractivity contribution in [2.24, 2.45) is 0 Å². The summed E-state index contributed by atoms with van der Waals surface area (Å²) < 4.78 is 40.3. The maximum absolute atomic E-state index is 13.0. The van der Waals surface area contributed by atoms with Gasteiger partial charge in [-0.05, 0) is 86.0 Å². The second kappa shape index (κ2) is 9.03. The van der Waals surface area contributed by atoms with Crippen molar-refractivity contribution in [3.63, 3.8) is 0 Å². The Labute approximate surface area is 191 Å². The van der Waals surface area contributed by atoms with Gasteiger partial charge >= 0.3 is 0 Å². The number of hydrogen-bond acceptors (Lipinski definition) is 4. The van der Waals surface area contributed by atoms with Crippen molar-refractivity contribution < 1.29 is 22.4 Å². The van der Waals surface area contributed by atoms with E-state index in [1.54, 1.807) is 18.2 Å². The van der Waals surface area contributed by atoms with Crippen LogP contribution < -0.4 is 15.4 Å². The van der Waals surface area contributed by atoms with Crippen LogP contribution in [0.3, 0.4) is 0 Å². The first-order valence-corrected chi connectivity index (χ1v) is 11.8. The summed E-state index contributed by atoms with van der Waals surface area (Å²) in [5.41, 5.74) is 2.35. The van der Waals surface area contributed by atoms with Crippen LogP contribution in [0.5, 0.6) is 0 Å². The highest BCUT2D eigenvalue weighted by Crippen LogP contribution is 2.22. The zero-order chi connectivity index (χ0) is 23.6. The highest BCUT2D eigenvalue weighted by Gasteiger charge is 2.24. The molecular weight excluding hydrogens is 445 g/mol. The van der Waals surface area contributed by atoms with E-state index < -0.39 is 21.7 Å². The smallest absolute Gasteiger partial charge is 0.261 e. The molecule has 3 aromatic carbocycles. The summed E-state index contributed by atoms with van der Waals surface area (Å²) in [4.78, 5) is 24.9. The van der Waals surface area contributed by atoms with Gasteiger partial charge in [0.1, 0.15) is 5.82 Å². The number of carbonyl (C=O) groups is 2. The third kappa shape index (κ3) is 5.56. The van der Waals surface area contributed by atoms with Gasteiger partial charge in [-0.15, -0.1) is 0 Å². The monoisotopic (exact) mass is 467 g/mol. The predicted octanol–water partition coefficient (Wildman–Crippen LogP) is 4.08. The Morgan fingerprint density at radius 1 is 0.879 bits per heavy atom. The highest BCUT2D eigenvalue weighted by molar-refractivity contribution is 7.92. The molecule has 2 amide bonds. The molecule has 0 saturated heterocycles. The summed E-state index contributed by atoms with van der Waals surface area (Å²) in [5, 5.41) is 5.71. The number of sulfonamides is 1. The van der Waals surface area contributed by atoms with Crippen LogP contribution in [0.2, 0.25) is 0 Å². The van der Waals surface area contributed by atoms with Crippen molar-refractivity contribution in [1.82, 2.24) is 5.32 Å². The van der Waals surface area contributed by atoms with Crippen LogP contribution in [-0.2, 0) is 10.0 Å². The molecule has 1 aliphatic carbocycles. The zero-order valence-electron chi connectivity index (χ0n) is 17.8. The van der Waals surface area contributed by atoms with Crippen LogP contribution in [0.25, 0.3) is 0 Å². The van der Waals surface area contributed by atoms with Crippen molar-refractivity contribution in [2.45, 2.75) is 30.7 Å². The van der Waals surface area contributed by atoms with E-state index in [4.69, 9.17) is 0 Å². The number of carbonyl (C=O) groups excluding carboxylic acids is 2. The first kappa shape index (κ1) is 22.5. The molecule has 1 fully saturated rings. The molecule has 0 radical (unpaired) electrons. The summed E-state index contributed by atoms with van der Waals surface area (Å²) in [7, 11) is -3.89. The number of nitrogens with one attached hydrogen (secondary N) is 3. The van der Waals surface area contributed by atoms with E-state index in [2.05, 4.69) is 15.4 Å². The van der Waals surface area contributed by atoms with Crippen LogP contribution in [-0.4, -0.2) is 26.3 Å². The lowest BCUT2D eigenvalue weighted by Crippen LogP contribution is -2.25. The van der Waals surface area contributed by atoms with Crippen molar-refractivity contribution in [2.75, 3.05) is 10.0 Å². The van der Waals surface area contributed by atoms with Crippen molar-refractivity contribution >= 4 is 33.2 Å². The standard InChI is InChI=1S/C24H22FN3O4S/c1-15-2-3-17(24(30)26-19-10-11-19)14-22(15)27-23(29)16-4-8-20(9-5-16)28-33(31,32)21-12-6-18(25)7-13-21/h2-9,12-14,19,28H,10-11H2,1H3,(H,26,30)(H,27,29). The average Bonchev–Trinajstić information content (AvgIpc) is 3.59. The molecule has 0 atom stereocenters. The molecule has 0 unspecified atom stereocenters. The van der Waals surface area contributed by atoms with Gasteiger partial charge in [-0.1, -0.05) is 6.07 Å². The first-order valence-electron chi connectivity index (χ1n) is 10.3. The molecule has 0 heterocycles. The summed E-state index contributed by atoms with van der Waals surface area (Å²) in [6, 6.07) is 15.7. The minimum absolute atomic E-state index is 0.0770. The maximum Gasteiger partial charge on any atom is 0.261 e. The Morgan fingerprint density at radius 2 is 1.52 bits per heavy atom. The lowest BCUT2D eigenvalue weighted by molar-refractivity contribution is 0.0949. The Kier molecular flexibility index (Phi) is 6.15. The molecule has 0 spiro atoms. The molecule has 170 valence electrons. The number of anilines is 2. The second-order valence-electron chi connectivity index (χ2n) is 7.87. The van der Waals surface area contributed by atoms with Crippen LogP contribution in [0.1, 0.15) is 39.1 Å². The molecule has 3 N–H and O–H groups in total. The van der Waals surface area contributed by atoms with E-state index >= 15 is 0 Å². The molecule has 0 bridgehead atoms. The number of benzene rings is 3. The van der Waals surface area contributed by atoms with Gasteiger partial charge in [0.15, 0.2) is 0 Å². The fourth-order valence-electron chi connectivity index (χ4n) is 3.11. The van der Waals surface area contributed by atoms with Gasteiger partial charge in [-0.25, -0.2) is 12.8 Å². The molecule has 3 aromatic rings. The molecule has 33 heavy (non-hydrogen) atoms. The van der Waals surface area contributed by atoms with E-state index in [-0.39, 0.29) is 22.5 Å². The summed E-state index contributed by atoms with van der Waals surface area (Å²) in [6.45, 7) is 1.82. The quantitative estimate of drug-likeness (QED) is 0.487. The van der Waals surface area contributed by atoms with Crippen LogP contribution in [0, 0.1) is 12.7 Å². The molecule has 9 heteroatoms. The first-order chi connectivity index (χ1) is 15.7. The largest absolute Gasteiger partial charge is 0.349 e. The number of amides is 2. The fourth-order valence-corrected chi connectivity index (χ4v) is 4.16. The second-order valence-corrected chi connectivity index (χ2v) is 9.55. The van der Waals surface area contributed by atoms with Crippen molar-refractivity contribution in [1.29, 1.82) is 0 Å². The summed E-state index contributed by atoms with van der Waals surface area (Å²) in [6.07, 6.45) is 1.97. The lowest BCUT2D eigenvalue weighted by Gasteiger charge is -2.12. The van der Waals surface area contributed by atoms with Gasteiger partial charge in [0.05, 0.1) is 4.90 Å². The third-order valence-corrected chi connectivity index (χ3v) is 6.58. The number of hydrogen-bond donors (Lipinski definition) is 3. The Morgan fingerprint density at radius 3 is 2.15 bits per heavy atom. The van der Waals surface area contributed by atoms with Gasteiger partial charge in [0.25, 0.3) is 21.8 Å². The Balaban J connectivity index is 1.44. The van der Waals surface area contributed by atoms with Crippen molar-refractivity contribution in [3.05, 3.63) is 89.2 Å². The van der Waals surface area contributed by atoms with Gasteiger partial charge in [-0.3, -0.25) is 14.3 Å². The van der Waals surface area contributed by atoms with Gasteiger partial charge < -0.3 is 10.6 Å². The number of halogens is 1. The van der Waals surface area contributed by atoms with E-state index in [1.807, 2.05) is 6.92 Å². The Bertz CT molecular complexity index is 1300. The number of rotatable bonds is 7. The van der Waals surface area contributed by atoms with Crippen molar-refractivity contribution in [3.8, 4) is 0 Å². The van der Waals surface area contributed by atoms with E-state index in [1.165, 1.54) is 36.4 Å². The Hall–Kier alpha value is -3.72. The molecule has 4 rings (SSSR count). The number of aryl methyl sites for hydroxylation is 1. The average molecular weight is 468 g/mol. The lowest BCUT2D eigenvalue weighted by atomic mass is 10.1. The van der Waals surface area contributed by atoms with Crippen LogP contribution in [0.15, 0.2) is 71.6 Å². The van der Waals surface area contributed by atoms with Crippen LogP contribution >= 0.6 is 0 Å². The van der Waals surface area contributed by atoms with Gasteiger partial charge in [0, 0.05) is 28.5 Å². The van der Waals surface area contributed by atoms with E-state index in [9.17, 15) is 22.4 Å². The molecular formula is C24H22FN3O4S. The maximum atomic E-state index is 13.0. The fraction of sp³-hybridized carbons (Fsp3) is 0.167. The van der Waals surface area contributed by atoms with Gasteiger partial charge in [0.2, 0.25) is 0 Å². The predicted molar refractivity (Wildman–Crippen MR) is 123 cm³/mol. The van der Waals surface area contributed by atoms with Gasteiger partial charge in [-0.2, -0.15) is 0 Å². The molecule has 0 aliphatic heterocycles. The third-order valence-electron chi connectivity index (χ3n) is 5.18. The minimum Gasteiger partial charge on any atom is -0.349 e. The van der Waals surface area contributed by atoms with E-state index in [0.29, 0.717) is 16.8 Å². The molecule has 1 saturated carbocycles. The molecule has 7 nitrogen and oxygen atoms in total. The van der Waals surface area contributed by atoms with Crippen LogP contribution in [0.4, 0.5) is 15.8 Å². The zero-order valence-corrected chi connectivity index (χ0v) is 18.6. The SMILES string of the molecule is Cc1ccc(C(=O)NC2CC2)cc1NC(=O)c1ccc(NS(=O)(=O)c2ccc(F)cc2)cc1. The summed E-state index contributed by atoms with van der Waals surface area (Å²) in [5.74, 6) is -1.11. The normalized spacial score (nSPS) is 13.3. The molecule has 1 aliphatic rings. The summed E-state index contributed by atoms with van der Waals surface area (Å²) >= 11 is 0.